The molecular weight excluding hydrogens is 953 g/mol. The van der Waals surface area contributed by atoms with Crippen molar-refractivity contribution in [1.82, 2.24) is 0 Å². The molecule has 422 valence electrons. The van der Waals surface area contributed by atoms with Crippen molar-refractivity contribution in [3.05, 3.63) is 86.5 Å². The quantitative estimate of drug-likeness (QED) is 0.170. The summed E-state index contributed by atoms with van der Waals surface area (Å²) >= 11 is 0. The lowest BCUT2D eigenvalue weighted by Gasteiger charge is -2.36. The van der Waals surface area contributed by atoms with Crippen molar-refractivity contribution in [3.8, 4) is 0 Å². The molecule has 0 aliphatic heterocycles. The molecule has 0 aromatic heterocycles. The van der Waals surface area contributed by atoms with Crippen LogP contribution in [0.1, 0.15) is 399 Å². The third-order valence-electron chi connectivity index (χ3n) is 22.6. The fourth-order valence-electron chi connectivity index (χ4n) is 18.4. The van der Waals surface area contributed by atoms with Gasteiger partial charge in [-0.15, -0.1) is 0 Å². The van der Waals surface area contributed by atoms with Crippen LogP contribution in [0.4, 0.5) is 0 Å². The molecule has 12 rings (SSSR count). The molecule has 3 heteroatoms. The SMILES string of the molecule is CC(=O)[O-].c1c(C2CCCCC2)cc(C2CCCCC2)c([S+](c2c(C3CCCCC3)cc(C3CCCCC3)cc2C2CCCCC2)c2c(C3CCCCC3)cc(C3CCCCC3)cc2C2CCCCC2)c1C1CCCCC1. The van der Waals surface area contributed by atoms with Crippen LogP contribution < -0.4 is 5.11 Å². The van der Waals surface area contributed by atoms with Crippen molar-refractivity contribution in [2.45, 2.75) is 364 Å². The highest BCUT2D eigenvalue weighted by Gasteiger charge is 2.48. The van der Waals surface area contributed by atoms with Crippen LogP contribution in [0.5, 0.6) is 0 Å². The molecule has 0 atom stereocenters. The van der Waals surface area contributed by atoms with Gasteiger partial charge in [-0.05, 0) is 192 Å². The largest absolute Gasteiger partial charge is 0.550 e. The van der Waals surface area contributed by atoms with Gasteiger partial charge in [0.2, 0.25) is 0 Å². The van der Waals surface area contributed by atoms with Crippen molar-refractivity contribution < 1.29 is 9.90 Å². The fourth-order valence-corrected chi connectivity index (χ4v) is 21.8. The third kappa shape index (κ3) is 13.7. The molecule has 0 saturated heterocycles. The van der Waals surface area contributed by atoms with Gasteiger partial charge >= 0.3 is 0 Å². The van der Waals surface area contributed by atoms with Crippen molar-refractivity contribution in [3.63, 3.8) is 0 Å². The molecule has 0 amide bonds. The zero-order valence-electron chi connectivity index (χ0n) is 49.2. The molecule has 0 unspecified atom stereocenters. The Morgan fingerprint density at radius 3 is 0.545 bits per heavy atom. The molecule has 77 heavy (non-hydrogen) atoms. The van der Waals surface area contributed by atoms with Crippen LogP contribution in [0.2, 0.25) is 0 Å². The van der Waals surface area contributed by atoms with Crippen molar-refractivity contribution in [2.75, 3.05) is 0 Å². The Morgan fingerprint density at radius 2 is 0.403 bits per heavy atom. The molecule has 9 aliphatic rings. The highest BCUT2D eigenvalue weighted by molar-refractivity contribution is 7.97. The van der Waals surface area contributed by atoms with Crippen molar-refractivity contribution in [1.29, 1.82) is 0 Å². The van der Waals surface area contributed by atoms with Crippen molar-refractivity contribution in [2.24, 2.45) is 0 Å². The minimum Gasteiger partial charge on any atom is -0.550 e. The van der Waals surface area contributed by atoms with Crippen LogP contribution >= 0.6 is 0 Å². The van der Waals surface area contributed by atoms with E-state index in [0.29, 0.717) is 0 Å². The minimum atomic E-state index is -1.08. The normalized spacial score (nSPS) is 24.4. The Kier molecular flexibility index (Phi) is 20.5. The van der Waals surface area contributed by atoms with Gasteiger partial charge in [-0.1, -0.05) is 210 Å². The highest BCUT2D eigenvalue weighted by Crippen LogP contribution is 2.58. The van der Waals surface area contributed by atoms with Gasteiger partial charge in [-0.25, -0.2) is 0 Å². The Morgan fingerprint density at radius 1 is 0.273 bits per heavy atom. The molecular formula is C74H108O2S. The van der Waals surface area contributed by atoms with E-state index in [-0.39, 0.29) is 10.9 Å². The second-order valence-corrected chi connectivity index (χ2v) is 29.7. The standard InChI is InChI=1S/C72H105S.C2H4O2/c1-10-28-52(29-11-1)61-46-64(55-34-16-4-17-35-55)70(65(47-61)56-36-18-5-19-37-56)73(71-66(57-38-20-6-21-39-57)48-62(53-30-12-2-13-31-53)49-67(71)58-40-22-7-23-41-58)72-68(59-42-24-8-25-43-59)50-63(54-32-14-3-15-33-54)51-69(72)60-44-26-9-27-45-60;1-2(3)4/h46-60H,1-45H2;1H3,(H,3,4)/q+1;/p-1. The van der Waals surface area contributed by atoms with Crippen LogP contribution in [0, 0.1) is 0 Å². The maximum absolute atomic E-state index is 8.89. The van der Waals surface area contributed by atoms with Gasteiger partial charge in [-0.3, -0.25) is 0 Å². The molecule has 3 aromatic carbocycles. The van der Waals surface area contributed by atoms with E-state index in [1.165, 1.54) is 289 Å². The molecule has 0 bridgehead atoms. The minimum absolute atomic E-state index is 0.134. The molecule has 0 N–H and O–H groups in total. The summed E-state index contributed by atoms with van der Waals surface area (Å²) in [4.78, 5) is 14.9. The van der Waals surface area contributed by atoms with Gasteiger partial charge in [0.05, 0.1) is 0 Å². The number of carbonyl (C=O) groups excluding carboxylic acids is 1. The van der Waals surface area contributed by atoms with E-state index in [0.717, 1.165) is 60.2 Å². The molecule has 0 heterocycles. The first-order valence-electron chi connectivity index (χ1n) is 34.4. The second kappa shape index (κ2) is 28.0. The Hall–Kier alpha value is -2.52. The van der Waals surface area contributed by atoms with E-state index in [1.54, 1.807) is 0 Å². The Bertz CT molecular complexity index is 1950. The van der Waals surface area contributed by atoms with E-state index >= 15 is 0 Å². The first-order valence-corrected chi connectivity index (χ1v) is 35.7. The monoisotopic (exact) mass is 1060 g/mol. The van der Waals surface area contributed by atoms with Gasteiger partial charge in [0.15, 0.2) is 14.7 Å². The van der Waals surface area contributed by atoms with Gasteiger partial charge in [-0.2, -0.15) is 0 Å². The van der Waals surface area contributed by atoms with E-state index in [2.05, 4.69) is 36.4 Å². The Labute approximate surface area is 474 Å². The van der Waals surface area contributed by atoms with Crippen LogP contribution in [-0.4, -0.2) is 5.97 Å². The smallest absolute Gasteiger partial charge is 0.173 e. The number of aliphatic carboxylic acids is 1. The van der Waals surface area contributed by atoms with E-state index < -0.39 is 5.97 Å². The van der Waals surface area contributed by atoms with Gasteiger partial charge in [0.1, 0.15) is 10.9 Å². The summed E-state index contributed by atoms with van der Waals surface area (Å²) in [5, 5.41) is 8.89. The lowest BCUT2D eigenvalue weighted by molar-refractivity contribution is -0.302. The highest BCUT2D eigenvalue weighted by atomic mass is 32.2. The number of hydrogen-bond acceptors (Lipinski definition) is 2. The first-order chi connectivity index (χ1) is 38.0. The summed E-state index contributed by atoms with van der Waals surface area (Å²) in [6.45, 7) is 0.972. The van der Waals surface area contributed by atoms with Gasteiger partial charge in [0.25, 0.3) is 0 Å². The molecule has 9 saturated carbocycles. The number of carboxylic acid groups (broad SMARTS) is 1. The zero-order valence-corrected chi connectivity index (χ0v) is 50.0. The van der Waals surface area contributed by atoms with E-state index in [1.807, 2.05) is 64.8 Å². The average molecular weight is 1060 g/mol. The van der Waals surface area contributed by atoms with Crippen LogP contribution in [-0.2, 0) is 15.7 Å². The number of carbonyl (C=O) groups is 1. The molecule has 0 spiro atoms. The summed E-state index contributed by atoms with van der Waals surface area (Å²) in [7, 11) is -0.134. The topological polar surface area (TPSA) is 40.1 Å². The molecule has 3 aromatic rings. The fraction of sp³-hybridized carbons (Fsp3) is 0.743. The molecule has 2 nitrogen and oxygen atoms in total. The van der Waals surface area contributed by atoms with Gasteiger partial charge < -0.3 is 9.90 Å². The third-order valence-corrected chi connectivity index (χ3v) is 25.3. The van der Waals surface area contributed by atoms with Crippen molar-refractivity contribution >= 4 is 16.9 Å². The number of hydrogen-bond donors (Lipinski definition) is 0. The maximum Gasteiger partial charge on any atom is 0.173 e. The molecule has 9 aliphatic carbocycles. The number of rotatable bonds is 12. The lowest BCUT2D eigenvalue weighted by atomic mass is 9.75. The maximum atomic E-state index is 8.89. The number of benzene rings is 3. The summed E-state index contributed by atoms with van der Waals surface area (Å²) in [6, 6.07) is 18.3. The number of carboxylic acids is 1. The van der Waals surface area contributed by atoms with Gasteiger partial charge in [0, 0.05) is 39.4 Å². The van der Waals surface area contributed by atoms with E-state index in [4.69, 9.17) is 9.90 Å². The lowest BCUT2D eigenvalue weighted by Crippen LogP contribution is -2.26. The average Bonchev–Trinajstić information content (AvgIpc) is 3.57. The van der Waals surface area contributed by atoms with E-state index in [9.17, 15) is 0 Å². The Balaban J connectivity index is 0.00000153. The predicted octanol–water partition coefficient (Wildman–Crippen LogP) is 22.0. The summed E-state index contributed by atoms with van der Waals surface area (Å²) in [5.74, 6) is 5.56. The van der Waals surface area contributed by atoms with Crippen LogP contribution in [0.3, 0.4) is 0 Å². The zero-order chi connectivity index (χ0) is 52.3. The molecule has 9 fully saturated rings. The van der Waals surface area contributed by atoms with Crippen LogP contribution in [0.15, 0.2) is 51.1 Å². The summed E-state index contributed by atoms with van der Waals surface area (Å²) in [6.07, 6.45) is 64.8. The predicted molar refractivity (Wildman–Crippen MR) is 325 cm³/mol. The summed E-state index contributed by atoms with van der Waals surface area (Å²) in [5.41, 5.74) is 17.1. The summed E-state index contributed by atoms with van der Waals surface area (Å²) < 4.78 is 0. The first kappa shape index (κ1) is 56.3. The second-order valence-electron chi connectivity index (χ2n) is 27.9. The molecule has 0 radical (unpaired) electrons. The van der Waals surface area contributed by atoms with Crippen LogP contribution in [0.25, 0.3) is 0 Å².